The molecule has 156 valence electrons. The number of para-hydroxylation sites is 1. The van der Waals surface area contributed by atoms with Crippen molar-refractivity contribution < 1.29 is 14.3 Å². The molecule has 5 heteroatoms. The summed E-state index contributed by atoms with van der Waals surface area (Å²) in [5.41, 5.74) is 0.929. The van der Waals surface area contributed by atoms with E-state index in [2.05, 4.69) is 17.6 Å². The minimum Gasteiger partial charge on any atom is -0.480 e. The van der Waals surface area contributed by atoms with Crippen LogP contribution in [0.15, 0.2) is 66.7 Å². The average molecular weight is 405 g/mol. The van der Waals surface area contributed by atoms with Crippen molar-refractivity contribution in [1.29, 1.82) is 0 Å². The molecule has 3 aromatic carbocycles. The van der Waals surface area contributed by atoms with Crippen LogP contribution < -0.4 is 15.4 Å². The molecule has 5 nitrogen and oxygen atoms in total. The molecule has 3 aromatic rings. The van der Waals surface area contributed by atoms with Gasteiger partial charge in [0.25, 0.3) is 11.8 Å². The van der Waals surface area contributed by atoms with E-state index in [0.717, 1.165) is 23.6 Å². The standard InChI is InChI=1S/C25H28N2O3/c1-3-5-17-26-24(28)20-14-8-9-15-21(20)27-25(29)22(4-2)30-23-16-10-12-18-11-6-7-13-19(18)23/h6-16,22H,3-5,17H2,1-2H3,(H,26,28)(H,27,29). The average Bonchev–Trinajstić information content (AvgIpc) is 2.78. The number of carbonyl (C=O) groups is 2. The normalized spacial score (nSPS) is 11.7. The zero-order chi connectivity index (χ0) is 21.3. The Morgan fingerprint density at radius 3 is 2.47 bits per heavy atom. The molecule has 0 aliphatic rings. The lowest BCUT2D eigenvalue weighted by molar-refractivity contribution is -0.122. The second-order valence-electron chi connectivity index (χ2n) is 7.14. The smallest absolute Gasteiger partial charge is 0.265 e. The van der Waals surface area contributed by atoms with Gasteiger partial charge < -0.3 is 15.4 Å². The van der Waals surface area contributed by atoms with Crippen LogP contribution in [0.2, 0.25) is 0 Å². The predicted molar refractivity (Wildman–Crippen MR) is 121 cm³/mol. The van der Waals surface area contributed by atoms with Gasteiger partial charge in [-0.3, -0.25) is 9.59 Å². The number of amides is 2. The molecule has 0 spiro atoms. The van der Waals surface area contributed by atoms with E-state index in [9.17, 15) is 9.59 Å². The molecule has 3 rings (SSSR count). The minimum absolute atomic E-state index is 0.192. The van der Waals surface area contributed by atoms with Crippen LogP contribution in [0.25, 0.3) is 10.8 Å². The number of hydrogen-bond donors (Lipinski definition) is 2. The lowest BCUT2D eigenvalue weighted by Gasteiger charge is -2.19. The highest BCUT2D eigenvalue weighted by Gasteiger charge is 2.21. The number of unbranched alkanes of at least 4 members (excludes halogenated alkanes) is 1. The van der Waals surface area contributed by atoms with E-state index in [1.54, 1.807) is 24.3 Å². The Balaban J connectivity index is 1.75. The quantitative estimate of drug-likeness (QED) is 0.484. The molecule has 2 N–H and O–H groups in total. The van der Waals surface area contributed by atoms with Crippen LogP contribution in [-0.4, -0.2) is 24.5 Å². The molecule has 0 aliphatic heterocycles. The molecule has 0 radical (unpaired) electrons. The van der Waals surface area contributed by atoms with Crippen molar-refractivity contribution in [3.63, 3.8) is 0 Å². The molecular formula is C25H28N2O3. The van der Waals surface area contributed by atoms with Crippen LogP contribution in [0.3, 0.4) is 0 Å². The molecule has 0 heterocycles. The summed E-state index contributed by atoms with van der Waals surface area (Å²) in [5.74, 6) is 0.197. The van der Waals surface area contributed by atoms with Gasteiger partial charge in [0.15, 0.2) is 6.10 Å². The third-order valence-corrected chi connectivity index (χ3v) is 4.93. The third kappa shape index (κ3) is 5.17. The Morgan fingerprint density at radius 2 is 1.67 bits per heavy atom. The van der Waals surface area contributed by atoms with Gasteiger partial charge in [-0.25, -0.2) is 0 Å². The van der Waals surface area contributed by atoms with Crippen molar-refractivity contribution in [1.82, 2.24) is 5.32 Å². The molecule has 30 heavy (non-hydrogen) atoms. The summed E-state index contributed by atoms with van der Waals surface area (Å²) >= 11 is 0. The van der Waals surface area contributed by atoms with Gasteiger partial charge in [-0.1, -0.05) is 68.8 Å². The molecule has 1 unspecified atom stereocenters. The summed E-state index contributed by atoms with van der Waals surface area (Å²) in [7, 11) is 0. The van der Waals surface area contributed by atoms with Crippen LogP contribution in [0.5, 0.6) is 5.75 Å². The maximum Gasteiger partial charge on any atom is 0.265 e. The highest BCUT2D eigenvalue weighted by Crippen LogP contribution is 2.27. The van der Waals surface area contributed by atoms with Crippen molar-refractivity contribution in [3.8, 4) is 5.75 Å². The predicted octanol–water partition coefficient (Wildman–Crippen LogP) is 5.17. The molecular weight excluding hydrogens is 376 g/mol. The zero-order valence-electron chi connectivity index (χ0n) is 17.5. The summed E-state index contributed by atoms with van der Waals surface area (Å²) in [6, 6.07) is 20.7. The fraction of sp³-hybridized carbons (Fsp3) is 0.280. The van der Waals surface area contributed by atoms with E-state index in [-0.39, 0.29) is 11.8 Å². The van der Waals surface area contributed by atoms with E-state index < -0.39 is 6.10 Å². The van der Waals surface area contributed by atoms with Gasteiger partial charge in [0.05, 0.1) is 11.3 Å². The van der Waals surface area contributed by atoms with Gasteiger partial charge in [0.1, 0.15) is 5.75 Å². The minimum atomic E-state index is -0.674. The summed E-state index contributed by atoms with van der Waals surface area (Å²) in [6.07, 6.45) is 1.74. The highest BCUT2D eigenvalue weighted by molar-refractivity contribution is 6.04. The van der Waals surface area contributed by atoms with Crippen molar-refractivity contribution >= 4 is 28.3 Å². The fourth-order valence-electron chi connectivity index (χ4n) is 3.25. The van der Waals surface area contributed by atoms with E-state index in [4.69, 9.17) is 4.74 Å². The van der Waals surface area contributed by atoms with Crippen LogP contribution >= 0.6 is 0 Å². The second-order valence-corrected chi connectivity index (χ2v) is 7.14. The second kappa shape index (κ2) is 10.4. The number of carbonyl (C=O) groups excluding carboxylic acids is 2. The van der Waals surface area contributed by atoms with Crippen LogP contribution in [0, 0.1) is 0 Å². The molecule has 0 saturated carbocycles. The Bertz CT molecular complexity index is 1010. The maximum atomic E-state index is 13.0. The third-order valence-electron chi connectivity index (χ3n) is 4.93. The summed E-state index contributed by atoms with van der Waals surface area (Å²) in [6.45, 7) is 4.58. The first-order valence-corrected chi connectivity index (χ1v) is 10.5. The van der Waals surface area contributed by atoms with E-state index >= 15 is 0 Å². The van der Waals surface area contributed by atoms with Crippen molar-refractivity contribution in [3.05, 3.63) is 72.3 Å². The first-order chi connectivity index (χ1) is 14.6. The Labute approximate surface area is 177 Å². The van der Waals surface area contributed by atoms with E-state index in [1.165, 1.54) is 0 Å². The molecule has 0 bridgehead atoms. The van der Waals surface area contributed by atoms with E-state index in [0.29, 0.717) is 30.0 Å². The Morgan fingerprint density at radius 1 is 0.933 bits per heavy atom. The fourth-order valence-corrected chi connectivity index (χ4v) is 3.25. The van der Waals surface area contributed by atoms with Gasteiger partial charge in [0.2, 0.25) is 0 Å². The first kappa shape index (κ1) is 21.4. The molecule has 1 atom stereocenters. The van der Waals surface area contributed by atoms with Gasteiger partial charge in [-0.05, 0) is 36.4 Å². The molecule has 0 aromatic heterocycles. The zero-order valence-corrected chi connectivity index (χ0v) is 17.5. The summed E-state index contributed by atoms with van der Waals surface area (Å²) in [5, 5.41) is 7.79. The van der Waals surface area contributed by atoms with Crippen LogP contribution in [0.1, 0.15) is 43.5 Å². The van der Waals surface area contributed by atoms with Crippen LogP contribution in [-0.2, 0) is 4.79 Å². The van der Waals surface area contributed by atoms with E-state index in [1.807, 2.05) is 49.4 Å². The monoisotopic (exact) mass is 404 g/mol. The maximum absolute atomic E-state index is 13.0. The molecule has 0 saturated heterocycles. The Kier molecular flexibility index (Phi) is 7.44. The molecule has 2 amide bonds. The number of hydrogen-bond acceptors (Lipinski definition) is 3. The summed E-state index contributed by atoms with van der Waals surface area (Å²) < 4.78 is 6.08. The number of ether oxygens (including phenoxy) is 1. The lowest BCUT2D eigenvalue weighted by Crippen LogP contribution is -2.33. The van der Waals surface area contributed by atoms with Gasteiger partial charge in [-0.15, -0.1) is 0 Å². The largest absolute Gasteiger partial charge is 0.480 e. The number of rotatable bonds is 9. The number of nitrogens with one attached hydrogen (secondary N) is 2. The van der Waals surface area contributed by atoms with Gasteiger partial charge in [0, 0.05) is 11.9 Å². The SMILES string of the molecule is CCCCNC(=O)c1ccccc1NC(=O)C(CC)Oc1cccc2ccccc12. The molecule has 0 aliphatic carbocycles. The van der Waals surface area contributed by atoms with Crippen LogP contribution in [0.4, 0.5) is 5.69 Å². The highest BCUT2D eigenvalue weighted by atomic mass is 16.5. The molecule has 0 fully saturated rings. The number of anilines is 1. The van der Waals surface area contributed by atoms with Gasteiger partial charge in [-0.2, -0.15) is 0 Å². The number of benzene rings is 3. The Hall–Kier alpha value is -3.34. The van der Waals surface area contributed by atoms with Crippen molar-refractivity contribution in [2.75, 3.05) is 11.9 Å². The first-order valence-electron chi connectivity index (χ1n) is 10.5. The number of fused-ring (bicyclic) bond motifs is 1. The van der Waals surface area contributed by atoms with Gasteiger partial charge >= 0.3 is 0 Å². The van der Waals surface area contributed by atoms with Crippen molar-refractivity contribution in [2.45, 2.75) is 39.2 Å². The lowest BCUT2D eigenvalue weighted by atomic mass is 10.1. The van der Waals surface area contributed by atoms with Crippen molar-refractivity contribution in [2.24, 2.45) is 0 Å². The topological polar surface area (TPSA) is 67.4 Å². The summed E-state index contributed by atoms with van der Waals surface area (Å²) in [4.78, 5) is 25.5.